The van der Waals surface area contributed by atoms with Crippen molar-refractivity contribution in [1.82, 2.24) is 15.1 Å². The number of ether oxygens (including phenoxy) is 2. The van der Waals surface area contributed by atoms with Crippen molar-refractivity contribution < 1.29 is 14.3 Å². The van der Waals surface area contributed by atoms with Crippen molar-refractivity contribution in [2.45, 2.75) is 45.1 Å². The summed E-state index contributed by atoms with van der Waals surface area (Å²) in [5.41, 5.74) is 3.48. The topological polar surface area (TPSA) is 65.4 Å². The number of hydrogen-bond donors (Lipinski definition) is 1. The van der Waals surface area contributed by atoms with Gasteiger partial charge in [-0.05, 0) is 61.4 Å². The highest BCUT2D eigenvalue weighted by atomic mass is 16.5. The number of nitrogens with zero attached hydrogens (tertiary/aromatic N) is 2. The lowest BCUT2D eigenvalue weighted by atomic mass is 10.1. The Bertz CT molecular complexity index is 731. The molecule has 1 aliphatic carbocycles. The van der Waals surface area contributed by atoms with Gasteiger partial charge >= 0.3 is 0 Å². The van der Waals surface area contributed by atoms with Crippen LogP contribution in [0.25, 0.3) is 0 Å². The molecule has 2 aromatic rings. The van der Waals surface area contributed by atoms with E-state index in [2.05, 4.69) is 10.4 Å². The second-order valence-corrected chi connectivity index (χ2v) is 6.64. The van der Waals surface area contributed by atoms with E-state index < -0.39 is 0 Å². The highest BCUT2D eigenvalue weighted by molar-refractivity contribution is 5.75. The van der Waals surface area contributed by atoms with Gasteiger partial charge in [-0.3, -0.25) is 9.48 Å². The average molecular weight is 357 g/mol. The maximum atomic E-state index is 12.2. The van der Waals surface area contributed by atoms with Gasteiger partial charge in [0.05, 0.1) is 19.9 Å². The predicted octanol–water partition coefficient (Wildman–Crippen LogP) is 2.53. The highest BCUT2D eigenvalue weighted by Gasteiger charge is 2.14. The Balaban J connectivity index is 1.52. The first-order valence-corrected chi connectivity index (χ1v) is 9.22. The number of carbonyl (C=O) groups excluding carboxylic acids is 1. The first-order chi connectivity index (χ1) is 12.7. The van der Waals surface area contributed by atoms with E-state index in [4.69, 9.17) is 9.47 Å². The van der Waals surface area contributed by atoms with Crippen LogP contribution in [0.2, 0.25) is 0 Å². The lowest BCUT2D eigenvalue weighted by Crippen LogP contribution is -2.29. The zero-order chi connectivity index (χ0) is 18.4. The summed E-state index contributed by atoms with van der Waals surface area (Å²) in [5.74, 6) is 1.56. The lowest BCUT2D eigenvalue weighted by molar-refractivity contribution is -0.121. The van der Waals surface area contributed by atoms with Crippen LogP contribution >= 0.6 is 0 Å². The summed E-state index contributed by atoms with van der Waals surface area (Å²) in [7, 11) is 3.28. The Kier molecular flexibility index (Phi) is 6.15. The van der Waals surface area contributed by atoms with Crippen molar-refractivity contribution in [3.63, 3.8) is 0 Å². The number of hydrogen-bond acceptors (Lipinski definition) is 4. The Labute approximate surface area is 154 Å². The van der Waals surface area contributed by atoms with E-state index in [0.717, 1.165) is 35.6 Å². The Morgan fingerprint density at radius 2 is 2.04 bits per heavy atom. The third kappa shape index (κ3) is 4.56. The van der Waals surface area contributed by atoms with Gasteiger partial charge in [-0.1, -0.05) is 6.42 Å². The number of aromatic nitrogens is 2. The van der Waals surface area contributed by atoms with Crippen LogP contribution < -0.4 is 14.8 Å². The highest BCUT2D eigenvalue weighted by Crippen LogP contribution is 2.24. The van der Waals surface area contributed by atoms with E-state index in [1.165, 1.54) is 24.8 Å². The molecule has 1 aliphatic rings. The number of aryl methyl sites for hydroxylation is 2. The smallest absolute Gasteiger partial charge is 0.241 e. The van der Waals surface area contributed by atoms with Crippen molar-refractivity contribution in [2.24, 2.45) is 0 Å². The third-order valence-electron chi connectivity index (χ3n) is 4.79. The molecule has 0 fully saturated rings. The molecular weight excluding hydrogens is 330 g/mol. The first-order valence-electron chi connectivity index (χ1n) is 9.22. The van der Waals surface area contributed by atoms with Gasteiger partial charge in [-0.25, -0.2) is 0 Å². The van der Waals surface area contributed by atoms with Crippen LogP contribution in [0.4, 0.5) is 0 Å². The quantitative estimate of drug-likeness (QED) is 0.774. The van der Waals surface area contributed by atoms with Gasteiger partial charge < -0.3 is 14.8 Å². The molecule has 3 rings (SSSR count). The van der Waals surface area contributed by atoms with Crippen molar-refractivity contribution >= 4 is 5.91 Å². The van der Waals surface area contributed by atoms with Crippen molar-refractivity contribution in [3.8, 4) is 11.5 Å². The summed E-state index contributed by atoms with van der Waals surface area (Å²) in [6.45, 7) is 0.811. The fourth-order valence-corrected chi connectivity index (χ4v) is 3.40. The van der Waals surface area contributed by atoms with Gasteiger partial charge in [0, 0.05) is 12.7 Å². The molecule has 0 spiro atoms. The number of fused-ring (bicyclic) bond motifs is 1. The standard InChI is InChI=1S/C20H27N3O3/c1-25-17-8-9-19(26-2)15(12-17)10-11-21-20(24)14-23-13-16-6-4-3-5-7-18(16)22-23/h8-9,12-13H,3-7,10-11,14H2,1-2H3,(H,21,24). The molecule has 1 N–H and O–H groups in total. The van der Waals surface area contributed by atoms with Crippen molar-refractivity contribution in [2.75, 3.05) is 20.8 Å². The number of nitrogens with one attached hydrogen (secondary N) is 1. The molecule has 26 heavy (non-hydrogen) atoms. The van der Waals surface area contributed by atoms with E-state index in [0.29, 0.717) is 13.0 Å². The number of amides is 1. The fraction of sp³-hybridized carbons (Fsp3) is 0.500. The Morgan fingerprint density at radius 3 is 2.85 bits per heavy atom. The second-order valence-electron chi connectivity index (χ2n) is 6.64. The number of carbonyl (C=O) groups is 1. The maximum absolute atomic E-state index is 12.2. The molecule has 0 aliphatic heterocycles. The molecule has 1 aromatic heterocycles. The molecule has 6 heteroatoms. The molecule has 1 aromatic carbocycles. The van der Waals surface area contributed by atoms with E-state index in [1.807, 2.05) is 24.4 Å². The van der Waals surface area contributed by atoms with Gasteiger partial charge in [0.2, 0.25) is 5.91 Å². The molecule has 0 unspecified atom stereocenters. The van der Waals surface area contributed by atoms with Crippen LogP contribution in [-0.4, -0.2) is 36.5 Å². The zero-order valence-electron chi connectivity index (χ0n) is 15.6. The fourth-order valence-electron chi connectivity index (χ4n) is 3.40. The normalized spacial score (nSPS) is 13.6. The monoisotopic (exact) mass is 357 g/mol. The molecule has 1 heterocycles. The van der Waals surface area contributed by atoms with Gasteiger partial charge in [0.15, 0.2) is 0 Å². The zero-order valence-corrected chi connectivity index (χ0v) is 15.6. The summed E-state index contributed by atoms with van der Waals surface area (Å²) < 4.78 is 12.4. The summed E-state index contributed by atoms with van der Waals surface area (Å²) in [5, 5.41) is 7.55. The Hall–Kier alpha value is -2.50. The molecule has 140 valence electrons. The Morgan fingerprint density at radius 1 is 1.19 bits per heavy atom. The minimum atomic E-state index is -0.0236. The number of rotatable bonds is 7. The SMILES string of the molecule is COc1ccc(OC)c(CCNC(=O)Cn2cc3c(n2)CCCCC3)c1. The summed E-state index contributed by atoms with van der Waals surface area (Å²) in [6.07, 6.45) is 8.50. The van der Waals surface area contributed by atoms with Gasteiger partial charge in [-0.2, -0.15) is 5.10 Å². The molecular formula is C20H27N3O3. The second kappa shape index (κ2) is 8.74. The number of benzene rings is 1. The molecule has 0 atom stereocenters. The maximum Gasteiger partial charge on any atom is 0.241 e. The molecule has 1 amide bonds. The van der Waals surface area contributed by atoms with Crippen LogP contribution in [0, 0.1) is 0 Å². The predicted molar refractivity (Wildman–Crippen MR) is 99.7 cm³/mol. The van der Waals surface area contributed by atoms with E-state index in [9.17, 15) is 4.79 Å². The third-order valence-corrected chi connectivity index (χ3v) is 4.79. The van der Waals surface area contributed by atoms with Crippen LogP contribution in [0.3, 0.4) is 0 Å². The van der Waals surface area contributed by atoms with Gasteiger partial charge in [0.1, 0.15) is 18.0 Å². The van der Waals surface area contributed by atoms with Gasteiger partial charge in [-0.15, -0.1) is 0 Å². The van der Waals surface area contributed by atoms with Crippen molar-refractivity contribution in [1.29, 1.82) is 0 Å². The van der Waals surface area contributed by atoms with Crippen LogP contribution in [0.5, 0.6) is 11.5 Å². The first kappa shape index (κ1) is 18.3. The molecule has 6 nitrogen and oxygen atoms in total. The van der Waals surface area contributed by atoms with E-state index >= 15 is 0 Å². The minimum Gasteiger partial charge on any atom is -0.497 e. The summed E-state index contributed by atoms with van der Waals surface area (Å²) >= 11 is 0. The van der Waals surface area contributed by atoms with E-state index in [-0.39, 0.29) is 12.5 Å². The van der Waals surface area contributed by atoms with E-state index in [1.54, 1.807) is 18.9 Å². The van der Waals surface area contributed by atoms with Crippen LogP contribution in [0.1, 0.15) is 36.1 Å². The van der Waals surface area contributed by atoms with Crippen LogP contribution in [0.15, 0.2) is 24.4 Å². The summed E-state index contributed by atoms with van der Waals surface area (Å²) in [4.78, 5) is 12.2. The van der Waals surface area contributed by atoms with Gasteiger partial charge in [0.25, 0.3) is 0 Å². The molecule has 0 radical (unpaired) electrons. The molecule has 0 saturated carbocycles. The van der Waals surface area contributed by atoms with Crippen molar-refractivity contribution in [3.05, 3.63) is 41.2 Å². The van der Waals surface area contributed by atoms with Crippen LogP contribution in [-0.2, 0) is 30.6 Å². The minimum absolute atomic E-state index is 0.0236. The average Bonchev–Trinajstić information content (AvgIpc) is 2.89. The summed E-state index contributed by atoms with van der Waals surface area (Å²) in [6, 6.07) is 5.69. The molecule has 0 bridgehead atoms. The number of methoxy groups -OCH3 is 2. The largest absolute Gasteiger partial charge is 0.497 e. The molecule has 0 saturated heterocycles. The lowest BCUT2D eigenvalue weighted by Gasteiger charge is -2.11.